The molecule has 0 spiro atoms. The quantitative estimate of drug-likeness (QED) is 0.513. The number of anilines is 1. The summed E-state index contributed by atoms with van der Waals surface area (Å²) in [5.41, 5.74) is -0.923. The van der Waals surface area contributed by atoms with Crippen LogP contribution in [0.15, 0.2) is 36.4 Å². The number of carbonyl (C=O) groups is 1. The smallest absolute Gasteiger partial charge is 0.270 e. The Bertz CT molecular complexity index is 748. The number of nitrogens with zero attached hydrogens (tertiary/aromatic N) is 1. The molecule has 2 aromatic rings. The molecular formula is C14H11FN2O5. The van der Waals surface area contributed by atoms with Crippen LogP contribution in [0.25, 0.3) is 0 Å². The third kappa shape index (κ3) is 3.11. The van der Waals surface area contributed by atoms with Gasteiger partial charge in [0.25, 0.3) is 11.6 Å². The molecule has 0 heterocycles. The van der Waals surface area contributed by atoms with Crippen molar-refractivity contribution in [1.29, 1.82) is 0 Å². The monoisotopic (exact) mass is 306 g/mol. The summed E-state index contributed by atoms with van der Waals surface area (Å²) < 4.78 is 18.6. The number of hydrogen-bond acceptors (Lipinski definition) is 5. The van der Waals surface area contributed by atoms with E-state index in [1.807, 2.05) is 0 Å². The third-order valence-electron chi connectivity index (χ3n) is 2.86. The van der Waals surface area contributed by atoms with Crippen molar-refractivity contribution in [3.63, 3.8) is 0 Å². The summed E-state index contributed by atoms with van der Waals surface area (Å²) >= 11 is 0. The van der Waals surface area contributed by atoms with Gasteiger partial charge in [-0.15, -0.1) is 0 Å². The van der Waals surface area contributed by atoms with Crippen molar-refractivity contribution < 1.29 is 24.0 Å². The Morgan fingerprint density at radius 3 is 2.68 bits per heavy atom. The first kappa shape index (κ1) is 15.2. The van der Waals surface area contributed by atoms with E-state index >= 15 is 0 Å². The van der Waals surface area contributed by atoms with Gasteiger partial charge in [0.15, 0.2) is 0 Å². The van der Waals surface area contributed by atoms with Crippen molar-refractivity contribution in [2.45, 2.75) is 0 Å². The largest absolute Gasteiger partial charge is 0.506 e. The number of nitro groups is 1. The van der Waals surface area contributed by atoms with Crippen LogP contribution in [0.4, 0.5) is 15.8 Å². The predicted molar refractivity (Wildman–Crippen MR) is 75.7 cm³/mol. The minimum Gasteiger partial charge on any atom is -0.506 e. The van der Waals surface area contributed by atoms with Gasteiger partial charge in [-0.3, -0.25) is 14.9 Å². The SMILES string of the molecule is COc1ccc(O)c(NC(=O)c2cc([N+](=O)[O-])ccc2F)c1. The van der Waals surface area contributed by atoms with Crippen LogP contribution >= 0.6 is 0 Å². The van der Waals surface area contributed by atoms with E-state index in [1.165, 1.54) is 25.3 Å². The Morgan fingerprint density at radius 1 is 1.32 bits per heavy atom. The Balaban J connectivity index is 2.33. The van der Waals surface area contributed by atoms with Crippen molar-refractivity contribution in [3.8, 4) is 11.5 Å². The van der Waals surface area contributed by atoms with Crippen molar-refractivity contribution >= 4 is 17.3 Å². The van der Waals surface area contributed by atoms with E-state index < -0.39 is 27.9 Å². The highest BCUT2D eigenvalue weighted by Gasteiger charge is 2.18. The van der Waals surface area contributed by atoms with Crippen LogP contribution in [-0.2, 0) is 0 Å². The molecule has 2 aromatic carbocycles. The average Bonchev–Trinajstić information content (AvgIpc) is 2.49. The summed E-state index contributed by atoms with van der Waals surface area (Å²) in [6.45, 7) is 0. The summed E-state index contributed by atoms with van der Waals surface area (Å²) in [6.07, 6.45) is 0. The van der Waals surface area contributed by atoms with Crippen LogP contribution in [0.1, 0.15) is 10.4 Å². The van der Waals surface area contributed by atoms with Crippen LogP contribution < -0.4 is 10.1 Å². The van der Waals surface area contributed by atoms with Crippen LogP contribution in [0.5, 0.6) is 11.5 Å². The molecule has 2 N–H and O–H groups in total. The van der Waals surface area contributed by atoms with Crippen molar-refractivity contribution in [3.05, 3.63) is 57.9 Å². The van der Waals surface area contributed by atoms with E-state index in [9.17, 15) is 24.4 Å². The van der Waals surface area contributed by atoms with Gasteiger partial charge in [0, 0.05) is 18.2 Å². The Kier molecular flexibility index (Phi) is 4.21. The number of benzene rings is 2. The summed E-state index contributed by atoms with van der Waals surface area (Å²) in [4.78, 5) is 22.0. The molecule has 0 bridgehead atoms. The molecule has 1 amide bonds. The minimum atomic E-state index is -0.926. The number of carbonyl (C=O) groups excluding carboxylic acids is 1. The Morgan fingerprint density at radius 2 is 2.05 bits per heavy atom. The summed E-state index contributed by atoms with van der Waals surface area (Å²) in [6, 6.07) is 6.70. The summed E-state index contributed by atoms with van der Waals surface area (Å²) in [5, 5.41) is 22.6. The molecule has 0 aliphatic rings. The second-order valence-corrected chi connectivity index (χ2v) is 4.26. The van der Waals surface area contributed by atoms with Gasteiger partial charge in [0.1, 0.15) is 17.3 Å². The van der Waals surface area contributed by atoms with E-state index in [4.69, 9.17) is 4.74 Å². The molecular weight excluding hydrogens is 295 g/mol. The molecule has 7 nitrogen and oxygen atoms in total. The zero-order valence-corrected chi connectivity index (χ0v) is 11.4. The fraction of sp³-hybridized carbons (Fsp3) is 0.0714. The zero-order chi connectivity index (χ0) is 16.3. The molecule has 0 unspecified atom stereocenters. The molecule has 0 saturated heterocycles. The normalized spacial score (nSPS) is 10.1. The lowest BCUT2D eigenvalue weighted by Gasteiger charge is -2.09. The number of phenols is 1. The number of hydrogen-bond donors (Lipinski definition) is 2. The Hall–Kier alpha value is -3.16. The van der Waals surface area contributed by atoms with Gasteiger partial charge in [-0.2, -0.15) is 0 Å². The number of nitrogens with one attached hydrogen (secondary N) is 1. The van der Waals surface area contributed by atoms with E-state index in [0.29, 0.717) is 5.75 Å². The highest BCUT2D eigenvalue weighted by molar-refractivity contribution is 6.05. The second kappa shape index (κ2) is 6.08. The maximum absolute atomic E-state index is 13.7. The molecule has 0 radical (unpaired) electrons. The predicted octanol–water partition coefficient (Wildman–Crippen LogP) is 2.70. The van der Waals surface area contributed by atoms with E-state index in [1.54, 1.807) is 0 Å². The highest BCUT2D eigenvalue weighted by atomic mass is 19.1. The van der Waals surface area contributed by atoms with Crippen molar-refractivity contribution in [2.75, 3.05) is 12.4 Å². The zero-order valence-electron chi connectivity index (χ0n) is 11.4. The van der Waals surface area contributed by atoms with Gasteiger partial charge in [-0.05, 0) is 18.2 Å². The number of amides is 1. The van der Waals surface area contributed by atoms with E-state index in [0.717, 1.165) is 18.2 Å². The lowest BCUT2D eigenvalue weighted by molar-refractivity contribution is -0.384. The number of non-ortho nitro benzene ring substituents is 1. The third-order valence-corrected chi connectivity index (χ3v) is 2.86. The molecule has 0 saturated carbocycles. The number of nitro benzene ring substituents is 1. The van der Waals surface area contributed by atoms with Gasteiger partial charge in [-0.25, -0.2) is 4.39 Å². The van der Waals surface area contributed by atoms with Gasteiger partial charge in [-0.1, -0.05) is 0 Å². The number of aromatic hydroxyl groups is 1. The molecule has 0 aliphatic heterocycles. The molecule has 114 valence electrons. The van der Waals surface area contributed by atoms with E-state index in [-0.39, 0.29) is 11.4 Å². The van der Waals surface area contributed by atoms with Gasteiger partial charge >= 0.3 is 0 Å². The van der Waals surface area contributed by atoms with Gasteiger partial charge in [0.05, 0.1) is 23.3 Å². The van der Waals surface area contributed by atoms with E-state index in [2.05, 4.69) is 5.32 Å². The number of ether oxygens (including phenoxy) is 1. The lowest BCUT2D eigenvalue weighted by atomic mass is 10.1. The first-order chi connectivity index (χ1) is 10.4. The molecule has 22 heavy (non-hydrogen) atoms. The number of methoxy groups -OCH3 is 1. The fourth-order valence-corrected chi connectivity index (χ4v) is 1.73. The topological polar surface area (TPSA) is 102 Å². The molecule has 2 rings (SSSR count). The highest BCUT2D eigenvalue weighted by Crippen LogP contribution is 2.28. The average molecular weight is 306 g/mol. The van der Waals surface area contributed by atoms with Gasteiger partial charge in [0.2, 0.25) is 0 Å². The first-order valence-electron chi connectivity index (χ1n) is 6.04. The standard InChI is InChI=1S/C14H11FN2O5/c1-22-9-3-5-13(18)12(7-9)16-14(19)10-6-8(17(20)21)2-4-11(10)15/h2-7,18H,1H3,(H,16,19). The van der Waals surface area contributed by atoms with Crippen LogP contribution in [0, 0.1) is 15.9 Å². The molecule has 8 heteroatoms. The number of phenolic OH excluding ortho intramolecular Hbond substituents is 1. The maximum atomic E-state index is 13.7. The fourth-order valence-electron chi connectivity index (χ4n) is 1.73. The lowest BCUT2D eigenvalue weighted by Crippen LogP contribution is -2.14. The Labute approximate surface area is 124 Å². The summed E-state index contributed by atoms with van der Waals surface area (Å²) in [5.74, 6) is -1.72. The minimum absolute atomic E-state index is 0.00439. The molecule has 0 fully saturated rings. The second-order valence-electron chi connectivity index (χ2n) is 4.26. The molecule has 0 aromatic heterocycles. The van der Waals surface area contributed by atoms with Gasteiger partial charge < -0.3 is 15.2 Å². The van der Waals surface area contributed by atoms with Crippen LogP contribution in [0.2, 0.25) is 0 Å². The van der Waals surface area contributed by atoms with Crippen molar-refractivity contribution in [2.24, 2.45) is 0 Å². The molecule has 0 atom stereocenters. The van der Waals surface area contributed by atoms with Crippen LogP contribution in [-0.4, -0.2) is 23.0 Å². The molecule has 0 aliphatic carbocycles. The summed E-state index contributed by atoms with van der Waals surface area (Å²) in [7, 11) is 1.40. The maximum Gasteiger partial charge on any atom is 0.270 e. The number of halogens is 1. The van der Waals surface area contributed by atoms with Crippen LogP contribution in [0.3, 0.4) is 0 Å². The first-order valence-corrected chi connectivity index (χ1v) is 6.04. The number of rotatable bonds is 4. The van der Waals surface area contributed by atoms with Crippen molar-refractivity contribution in [1.82, 2.24) is 0 Å².